The SMILES string of the molecule is O=C(C(=O)N(F)F)c1ccccc1. The molecule has 1 aromatic carbocycles. The van der Waals surface area contributed by atoms with E-state index in [-0.39, 0.29) is 5.56 Å². The van der Waals surface area contributed by atoms with Crippen molar-refractivity contribution >= 4 is 11.7 Å². The van der Waals surface area contributed by atoms with Crippen LogP contribution in [0.15, 0.2) is 30.3 Å². The van der Waals surface area contributed by atoms with Crippen LogP contribution in [0.3, 0.4) is 0 Å². The number of hydrogen-bond acceptors (Lipinski definition) is 2. The number of benzene rings is 1. The van der Waals surface area contributed by atoms with E-state index in [1.54, 1.807) is 6.07 Å². The summed E-state index contributed by atoms with van der Waals surface area (Å²) in [4.78, 5) is 21.4. The van der Waals surface area contributed by atoms with Gasteiger partial charge in [0.25, 0.3) is 5.78 Å². The first-order valence-electron chi connectivity index (χ1n) is 3.38. The molecule has 0 saturated heterocycles. The lowest BCUT2D eigenvalue weighted by Crippen LogP contribution is -2.24. The van der Waals surface area contributed by atoms with Crippen molar-refractivity contribution in [2.75, 3.05) is 0 Å². The number of rotatable bonds is 2. The average molecular weight is 185 g/mol. The third-order valence-electron chi connectivity index (χ3n) is 1.38. The number of Topliss-reactive ketones (excluding diaryl/α,β-unsaturated/α-hetero) is 1. The normalized spacial score (nSPS) is 9.38. The third-order valence-corrected chi connectivity index (χ3v) is 1.38. The molecule has 0 heterocycles. The number of nitrogens with zero attached hydrogens (tertiary/aromatic N) is 1. The Kier molecular flexibility index (Phi) is 2.69. The van der Waals surface area contributed by atoms with Gasteiger partial charge in [0.1, 0.15) is 0 Å². The molecule has 0 radical (unpaired) electrons. The third kappa shape index (κ3) is 2.08. The van der Waals surface area contributed by atoms with E-state index in [4.69, 9.17) is 0 Å². The van der Waals surface area contributed by atoms with Gasteiger partial charge in [-0.1, -0.05) is 39.3 Å². The van der Waals surface area contributed by atoms with Gasteiger partial charge in [-0.2, -0.15) is 0 Å². The Bertz CT molecular complexity index is 324. The predicted octanol–water partition coefficient (Wildman–Crippen LogP) is 1.47. The molecule has 0 fully saturated rings. The minimum atomic E-state index is -1.83. The standard InChI is InChI=1S/C8H5F2NO2/c9-11(10)8(13)7(12)6-4-2-1-3-5-6/h1-5H. The number of carbonyl (C=O) groups is 2. The van der Waals surface area contributed by atoms with Crippen molar-refractivity contribution in [1.82, 2.24) is 5.34 Å². The molecule has 0 bridgehead atoms. The zero-order valence-corrected chi connectivity index (χ0v) is 6.41. The van der Waals surface area contributed by atoms with E-state index in [0.717, 1.165) is 0 Å². The van der Waals surface area contributed by atoms with Gasteiger partial charge in [0.05, 0.1) is 0 Å². The van der Waals surface area contributed by atoms with Crippen LogP contribution in [0.2, 0.25) is 0 Å². The van der Waals surface area contributed by atoms with Gasteiger partial charge in [0.15, 0.2) is 0 Å². The molecule has 0 aliphatic rings. The fraction of sp³-hybridized carbons (Fsp3) is 0. The molecule has 1 rings (SSSR count). The predicted molar refractivity (Wildman–Crippen MR) is 39.8 cm³/mol. The number of carbonyl (C=O) groups excluding carboxylic acids is 2. The molecule has 0 aliphatic carbocycles. The van der Waals surface area contributed by atoms with Crippen molar-refractivity contribution in [2.24, 2.45) is 0 Å². The van der Waals surface area contributed by atoms with Gasteiger partial charge in [0.2, 0.25) is 0 Å². The van der Waals surface area contributed by atoms with E-state index in [9.17, 15) is 18.6 Å². The van der Waals surface area contributed by atoms with Crippen LogP contribution < -0.4 is 0 Å². The first-order chi connectivity index (χ1) is 6.13. The Hall–Kier alpha value is -1.78. The first kappa shape index (κ1) is 9.31. The van der Waals surface area contributed by atoms with Crippen molar-refractivity contribution in [3.8, 4) is 0 Å². The van der Waals surface area contributed by atoms with Gasteiger partial charge in [0, 0.05) is 10.9 Å². The lowest BCUT2D eigenvalue weighted by molar-refractivity contribution is -0.180. The van der Waals surface area contributed by atoms with E-state index in [2.05, 4.69) is 0 Å². The highest BCUT2D eigenvalue weighted by atomic mass is 19.4. The van der Waals surface area contributed by atoms with Crippen LogP contribution in [-0.2, 0) is 4.79 Å². The highest BCUT2D eigenvalue weighted by Gasteiger charge is 2.23. The second kappa shape index (κ2) is 3.75. The van der Waals surface area contributed by atoms with Crippen LogP contribution in [0.1, 0.15) is 10.4 Å². The molecule has 1 aromatic rings. The molecule has 5 heteroatoms. The molecule has 0 atom stereocenters. The topological polar surface area (TPSA) is 37.4 Å². The van der Waals surface area contributed by atoms with Crippen LogP contribution >= 0.6 is 0 Å². The summed E-state index contributed by atoms with van der Waals surface area (Å²) < 4.78 is 23.3. The summed E-state index contributed by atoms with van der Waals surface area (Å²) in [6.07, 6.45) is 0. The summed E-state index contributed by atoms with van der Waals surface area (Å²) in [5, 5.41) is -1.73. The maximum absolute atomic E-state index is 11.6. The molecular weight excluding hydrogens is 180 g/mol. The van der Waals surface area contributed by atoms with Crippen molar-refractivity contribution in [3.05, 3.63) is 35.9 Å². The average Bonchev–Trinajstić information content (AvgIpc) is 2.17. The summed E-state index contributed by atoms with van der Waals surface area (Å²) in [6, 6.07) is 7.18. The highest BCUT2D eigenvalue weighted by Crippen LogP contribution is 2.03. The summed E-state index contributed by atoms with van der Waals surface area (Å²) in [5.74, 6) is -3.04. The largest absolute Gasteiger partial charge is 0.354 e. The van der Waals surface area contributed by atoms with Gasteiger partial charge in [-0.15, -0.1) is 0 Å². The van der Waals surface area contributed by atoms with Crippen LogP contribution in [-0.4, -0.2) is 17.0 Å². The quantitative estimate of drug-likeness (QED) is 0.397. The molecular formula is C8H5F2NO2. The van der Waals surface area contributed by atoms with Crippen LogP contribution in [0.25, 0.3) is 0 Å². The fourth-order valence-electron chi connectivity index (χ4n) is 0.790. The number of hydrogen-bond donors (Lipinski definition) is 0. The number of halogens is 2. The van der Waals surface area contributed by atoms with E-state index in [0.29, 0.717) is 0 Å². The zero-order valence-electron chi connectivity index (χ0n) is 6.41. The van der Waals surface area contributed by atoms with Crippen LogP contribution in [0.5, 0.6) is 0 Å². The summed E-state index contributed by atoms with van der Waals surface area (Å²) in [7, 11) is 0. The molecule has 0 aromatic heterocycles. The van der Waals surface area contributed by atoms with E-state index in [1.165, 1.54) is 24.3 Å². The molecule has 1 amide bonds. The second-order valence-electron chi connectivity index (χ2n) is 2.23. The second-order valence-corrected chi connectivity index (χ2v) is 2.23. The van der Waals surface area contributed by atoms with Gasteiger partial charge in [-0.05, 0) is 0 Å². The maximum Gasteiger partial charge on any atom is 0.354 e. The molecule has 0 spiro atoms. The lowest BCUT2D eigenvalue weighted by atomic mass is 10.1. The Morgan fingerprint density at radius 1 is 1.08 bits per heavy atom. The molecule has 68 valence electrons. The van der Waals surface area contributed by atoms with Gasteiger partial charge in [-0.25, -0.2) is 0 Å². The minimum absolute atomic E-state index is 0.0483. The molecule has 0 aliphatic heterocycles. The minimum Gasteiger partial charge on any atom is -0.283 e. The van der Waals surface area contributed by atoms with Gasteiger partial charge >= 0.3 is 5.91 Å². The van der Waals surface area contributed by atoms with Gasteiger partial charge < -0.3 is 0 Å². The molecule has 0 N–H and O–H groups in total. The van der Waals surface area contributed by atoms with E-state index in [1.807, 2.05) is 0 Å². The molecule has 0 saturated carbocycles. The maximum atomic E-state index is 11.6. The Morgan fingerprint density at radius 2 is 1.62 bits per heavy atom. The lowest BCUT2D eigenvalue weighted by Gasteiger charge is -1.98. The zero-order chi connectivity index (χ0) is 9.84. The van der Waals surface area contributed by atoms with Gasteiger partial charge in [-0.3, -0.25) is 9.59 Å². The summed E-state index contributed by atoms with van der Waals surface area (Å²) in [6.45, 7) is 0. The number of ketones is 1. The summed E-state index contributed by atoms with van der Waals surface area (Å²) in [5.41, 5.74) is -0.0483. The highest BCUT2D eigenvalue weighted by molar-refractivity contribution is 6.42. The summed E-state index contributed by atoms with van der Waals surface area (Å²) >= 11 is 0. The van der Waals surface area contributed by atoms with Crippen molar-refractivity contribution in [3.63, 3.8) is 0 Å². The van der Waals surface area contributed by atoms with E-state index < -0.39 is 17.0 Å². The Balaban J connectivity index is 2.87. The van der Waals surface area contributed by atoms with E-state index >= 15 is 0 Å². The molecule has 3 nitrogen and oxygen atoms in total. The Labute approximate surface area is 72.4 Å². The Morgan fingerprint density at radius 3 is 2.08 bits per heavy atom. The van der Waals surface area contributed by atoms with Crippen molar-refractivity contribution in [1.29, 1.82) is 0 Å². The van der Waals surface area contributed by atoms with Crippen molar-refractivity contribution in [2.45, 2.75) is 0 Å². The number of amides is 1. The van der Waals surface area contributed by atoms with Crippen molar-refractivity contribution < 1.29 is 18.6 Å². The fourth-order valence-corrected chi connectivity index (χ4v) is 0.790. The molecule has 0 unspecified atom stereocenters. The van der Waals surface area contributed by atoms with Crippen LogP contribution in [0.4, 0.5) is 8.96 Å². The first-order valence-corrected chi connectivity index (χ1v) is 3.38. The monoisotopic (exact) mass is 185 g/mol. The smallest absolute Gasteiger partial charge is 0.283 e. The molecule has 13 heavy (non-hydrogen) atoms. The van der Waals surface area contributed by atoms with Crippen LogP contribution in [0, 0.1) is 0 Å².